The van der Waals surface area contributed by atoms with Gasteiger partial charge in [0.2, 0.25) is 0 Å². The van der Waals surface area contributed by atoms with E-state index in [2.05, 4.69) is 0 Å². The molecule has 0 unspecified atom stereocenters. The molecule has 0 saturated carbocycles. The molecule has 0 amide bonds. The molecule has 0 fully saturated rings. The maximum absolute atomic E-state index is 14.2. The molecule has 0 aliphatic rings. The standard InChI is InChI=1S/C9F23P/c10-1(11,4(16,17)18)7(25,26)33(31,32,8(27,28)2(12,13)5(19,20)21)9(29,30)3(14,15)6(22,23)24. The fourth-order valence-electron chi connectivity index (χ4n) is 1.78. The van der Waals surface area contributed by atoms with E-state index in [0.717, 1.165) is 0 Å². The molecule has 0 radical (unpaired) electrons. The molecular weight excluding hydrogens is 576 g/mol. The van der Waals surface area contributed by atoms with Crippen LogP contribution >= 0.6 is 7.22 Å². The predicted octanol–water partition coefficient (Wildman–Crippen LogP) is 8.68. The van der Waals surface area contributed by atoms with Gasteiger partial charge in [-0.2, -0.15) is 0 Å². The van der Waals surface area contributed by atoms with Crippen molar-refractivity contribution in [2.75, 3.05) is 0 Å². The van der Waals surface area contributed by atoms with Crippen LogP contribution < -0.4 is 0 Å². The number of alkyl halides is 21. The van der Waals surface area contributed by atoms with Crippen molar-refractivity contribution in [1.29, 1.82) is 0 Å². The van der Waals surface area contributed by atoms with E-state index in [-0.39, 0.29) is 0 Å². The third-order valence-electron chi connectivity index (χ3n) is 3.68. The molecule has 0 N–H and O–H groups in total. The van der Waals surface area contributed by atoms with E-state index in [9.17, 15) is 101 Å². The Hall–Kier alpha value is -1.18. The minimum atomic E-state index is -14.1. The summed E-state index contributed by atoms with van der Waals surface area (Å²) in [6.07, 6.45) is -25.8. The molecule has 0 atom stereocenters. The number of halogens is 23. The summed E-state index contributed by atoms with van der Waals surface area (Å²) in [6.45, 7) is 0. The van der Waals surface area contributed by atoms with Crippen molar-refractivity contribution in [3.63, 3.8) is 0 Å². The zero-order valence-electron chi connectivity index (χ0n) is 13.6. The second-order valence-corrected chi connectivity index (χ2v) is 9.24. The zero-order chi connectivity index (χ0) is 27.9. The number of hydrogen-bond acceptors (Lipinski definition) is 0. The van der Waals surface area contributed by atoms with E-state index in [1.807, 2.05) is 0 Å². The SMILES string of the molecule is FC(F)(F)C(F)(F)C(F)(F)P(F)(F)(C(F)(F)C(F)(F)C(F)(F)F)C(F)(F)C(F)(F)C(F)(F)F. The van der Waals surface area contributed by atoms with Crippen LogP contribution in [-0.2, 0) is 0 Å². The van der Waals surface area contributed by atoms with E-state index < -0.39 is 60.5 Å². The summed E-state index contributed by atoms with van der Waals surface area (Å²) in [5, 5.41) is 0. The molecule has 33 heavy (non-hydrogen) atoms. The topological polar surface area (TPSA) is 0 Å². The van der Waals surface area contributed by atoms with E-state index in [1.54, 1.807) is 0 Å². The fraction of sp³-hybridized carbons (Fsp3) is 1.00. The molecular formula is C9F23P. The van der Waals surface area contributed by atoms with Crippen LogP contribution in [0.1, 0.15) is 0 Å². The van der Waals surface area contributed by atoms with Gasteiger partial charge in [-0.1, -0.05) is 0 Å². The van der Waals surface area contributed by atoms with Crippen LogP contribution in [0.2, 0.25) is 0 Å². The van der Waals surface area contributed by atoms with Gasteiger partial charge in [-0.05, 0) is 0 Å². The quantitative estimate of drug-likeness (QED) is 0.220. The monoisotopic (exact) mass is 576 g/mol. The van der Waals surface area contributed by atoms with Gasteiger partial charge in [-0.25, -0.2) is 0 Å². The van der Waals surface area contributed by atoms with Crippen molar-refractivity contribution in [1.82, 2.24) is 0 Å². The van der Waals surface area contributed by atoms with Crippen LogP contribution in [0.3, 0.4) is 0 Å². The molecule has 0 saturated heterocycles. The Morgan fingerprint density at radius 1 is 0.273 bits per heavy atom. The summed E-state index contributed by atoms with van der Waals surface area (Å²) < 4.78 is 294. The zero-order valence-corrected chi connectivity index (χ0v) is 14.5. The van der Waals surface area contributed by atoms with Gasteiger partial charge < -0.3 is 0 Å². The van der Waals surface area contributed by atoms with Gasteiger partial charge in [-0.3, -0.25) is 0 Å². The molecule has 0 spiro atoms. The molecule has 0 heterocycles. The van der Waals surface area contributed by atoms with Gasteiger partial charge in [0, 0.05) is 0 Å². The van der Waals surface area contributed by atoms with Crippen LogP contribution in [0.5, 0.6) is 0 Å². The van der Waals surface area contributed by atoms with E-state index in [0.29, 0.717) is 0 Å². The van der Waals surface area contributed by atoms with Crippen LogP contribution in [0, 0.1) is 0 Å². The first-order valence-electron chi connectivity index (χ1n) is 6.48. The normalized spacial score (nSPS) is 18.2. The first kappa shape index (κ1) is 31.8. The predicted molar refractivity (Wildman–Crippen MR) is 57.0 cm³/mol. The van der Waals surface area contributed by atoms with Crippen LogP contribution in [-0.4, -0.2) is 53.3 Å². The van der Waals surface area contributed by atoms with Crippen molar-refractivity contribution >= 4 is 7.22 Å². The van der Waals surface area contributed by atoms with Gasteiger partial charge >= 0.3 is 161 Å². The Balaban J connectivity index is 8.27. The van der Waals surface area contributed by atoms with Crippen molar-refractivity contribution in [3.05, 3.63) is 0 Å². The Labute approximate surface area is 162 Å². The van der Waals surface area contributed by atoms with E-state index in [4.69, 9.17) is 0 Å². The van der Waals surface area contributed by atoms with Gasteiger partial charge in [0.05, 0.1) is 0 Å². The van der Waals surface area contributed by atoms with Crippen LogP contribution in [0.25, 0.3) is 0 Å². The van der Waals surface area contributed by atoms with Gasteiger partial charge in [0.15, 0.2) is 0 Å². The number of hydrogen-bond donors (Lipinski definition) is 0. The average Bonchev–Trinajstić information content (AvgIpc) is 2.50. The van der Waals surface area contributed by atoms with E-state index in [1.165, 1.54) is 0 Å². The summed E-state index contributed by atoms with van der Waals surface area (Å²) in [6, 6.07) is 0. The fourth-order valence-corrected chi connectivity index (χ4v) is 4.70. The molecule has 0 bridgehead atoms. The summed E-state index contributed by atoms with van der Waals surface area (Å²) in [5.74, 6) is -27.9. The molecule has 24 heteroatoms. The summed E-state index contributed by atoms with van der Waals surface area (Å²) >= 11 is 0. The third-order valence-corrected chi connectivity index (χ3v) is 7.48. The van der Waals surface area contributed by atoms with E-state index >= 15 is 0 Å². The number of rotatable bonds is 6. The van der Waals surface area contributed by atoms with Crippen molar-refractivity contribution in [2.45, 2.75) is 53.3 Å². The Morgan fingerprint density at radius 2 is 0.394 bits per heavy atom. The molecule has 0 rings (SSSR count). The average molecular weight is 576 g/mol. The minimum absolute atomic E-state index is 8.59. The Kier molecular flexibility index (Phi) is 6.70. The summed E-state index contributed by atoms with van der Waals surface area (Å²) in [4.78, 5) is 0. The van der Waals surface area contributed by atoms with Crippen molar-refractivity contribution < 1.29 is 101 Å². The molecule has 0 aromatic carbocycles. The second-order valence-electron chi connectivity index (χ2n) is 5.75. The van der Waals surface area contributed by atoms with Crippen molar-refractivity contribution in [3.8, 4) is 0 Å². The summed E-state index contributed by atoms with van der Waals surface area (Å²) in [5.41, 5.74) is -30.4. The molecule has 202 valence electrons. The van der Waals surface area contributed by atoms with Crippen LogP contribution in [0.4, 0.5) is 101 Å². The molecule has 0 aromatic rings. The third kappa shape index (κ3) is 3.24. The van der Waals surface area contributed by atoms with Crippen molar-refractivity contribution in [2.24, 2.45) is 0 Å². The van der Waals surface area contributed by atoms with Crippen LogP contribution in [0.15, 0.2) is 0 Å². The Morgan fingerprint density at radius 3 is 0.485 bits per heavy atom. The van der Waals surface area contributed by atoms with Gasteiger partial charge in [-0.15, -0.1) is 0 Å². The second kappa shape index (κ2) is 6.94. The maximum atomic E-state index is 14.2. The Bertz CT molecular complexity index is 644. The first-order chi connectivity index (χ1) is 13.6. The first-order valence-corrected chi connectivity index (χ1v) is 8.50. The van der Waals surface area contributed by atoms with Gasteiger partial charge in [0.1, 0.15) is 0 Å². The summed E-state index contributed by atoms with van der Waals surface area (Å²) in [7, 11) is -14.1. The van der Waals surface area contributed by atoms with Gasteiger partial charge in [0.25, 0.3) is 0 Å². The molecule has 0 aliphatic heterocycles. The molecule has 0 aromatic heterocycles. The molecule has 0 nitrogen and oxygen atoms in total. The molecule has 0 aliphatic carbocycles.